The number of benzene rings is 2. The van der Waals surface area contributed by atoms with Gasteiger partial charge in [-0.3, -0.25) is 19.8 Å². The molecule has 3 rings (SSSR count). The highest BCUT2D eigenvalue weighted by atomic mass is 32.1. The molecule has 0 bridgehead atoms. The second kappa shape index (κ2) is 6.72. The molecule has 0 radical (unpaired) electrons. The summed E-state index contributed by atoms with van der Waals surface area (Å²) in [6.45, 7) is 5.48. The lowest BCUT2D eigenvalue weighted by Gasteiger charge is -2.29. The van der Waals surface area contributed by atoms with Crippen LogP contribution in [0.5, 0.6) is 5.75 Å². The summed E-state index contributed by atoms with van der Waals surface area (Å²) >= 11 is 5.19. The molecule has 5 nitrogen and oxygen atoms in total. The highest BCUT2D eigenvalue weighted by molar-refractivity contribution is 7.80. The first-order valence-electron chi connectivity index (χ1n) is 8.06. The van der Waals surface area contributed by atoms with Crippen LogP contribution < -0.4 is 10.2 Å². The summed E-state index contributed by atoms with van der Waals surface area (Å²) in [5.74, 6) is -0.813. The standard InChI is InChI=1S/C20H18N2O3S/c1-11-4-6-15(7-5-11)22-19(25)16(18(24)21-20(22)26)10-14-8-12(2)17(23)13(3)9-14/h4-10,23H,1-3H3,(H,21,24,26)/b16-10+. The van der Waals surface area contributed by atoms with Crippen LogP contribution in [0.1, 0.15) is 22.3 Å². The maximum Gasteiger partial charge on any atom is 0.270 e. The van der Waals surface area contributed by atoms with Crippen LogP contribution in [0.25, 0.3) is 6.08 Å². The summed E-state index contributed by atoms with van der Waals surface area (Å²) in [6, 6.07) is 10.8. The fourth-order valence-corrected chi connectivity index (χ4v) is 3.11. The Labute approximate surface area is 156 Å². The van der Waals surface area contributed by atoms with E-state index in [0.717, 1.165) is 5.56 Å². The number of nitrogens with one attached hydrogen (secondary N) is 1. The molecule has 132 valence electrons. The SMILES string of the molecule is Cc1ccc(N2C(=O)/C(=C/c3cc(C)c(O)c(C)c3)C(=O)NC2=S)cc1. The van der Waals surface area contributed by atoms with Gasteiger partial charge < -0.3 is 5.11 Å². The van der Waals surface area contributed by atoms with Crippen LogP contribution in [-0.4, -0.2) is 22.0 Å². The van der Waals surface area contributed by atoms with Crippen LogP contribution in [0.2, 0.25) is 0 Å². The van der Waals surface area contributed by atoms with Gasteiger partial charge in [-0.25, -0.2) is 0 Å². The number of amides is 2. The monoisotopic (exact) mass is 366 g/mol. The molecule has 1 aliphatic rings. The predicted molar refractivity (Wildman–Crippen MR) is 105 cm³/mol. The molecular formula is C20H18N2O3S. The van der Waals surface area contributed by atoms with Crippen LogP contribution in [0, 0.1) is 20.8 Å². The van der Waals surface area contributed by atoms with Gasteiger partial charge in [-0.15, -0.1) is 0 Å². The first kappa shape index (κ1) is 17.8. The van der Waals surface area contributed by atoms with Crippen molar-refractivity contribution in [3.63, 3.8) is 0 Å². The van der Waals surface area contributed by atoms with Crippen LogP contribution in [0.4, 0.5) is 5.69 Å². The van der Waals surface area contributed by atoms with Gasteiger partial charge >= 0.3 is 0 Å². The average Bonchev–Trinajstić information content (AvgIpc) is 2.58. The maximum absolute atomic E-state index is 12.9. The summed E-state index contributed by atoms with van der Waals surface area (Å²) in [4.78, 5) is 26.6. The van der Waals surface area contributed by atoms with Crippen molar-refractivity contribution in [2.75, 3.05) is 4.90 Å². The molecule has 0 aromatic heterocycles. The number of carbonyl (C=O) groups is 2. The van der Waals surface area contributed by atoms with Crippen molar-refractivity contribution < 1.29 is 14.7 Å². The van der Waals surface area contributed by atoms with E-state index < -0.39 is 11.8 Å². The molecule has 1 fully saturated rings. The number of thiocarbonyl (C=S) groups is 1. The number of hydrogen-bond acceptors (Lipinski definition) is 4. The molecule has 0 spiro atoms. The molecule has 1 saturated heterocycles. The number of hydrogen-bond donors (Lipinski definition) is 2. The molecule has 0 saturated carbocycles. The molecule has 26 heavy (non-hydrogen) atoms. The van der Waals surface area contributed by atoms with E-state index in [1.165, 1.54) is 11.0 Å². The van der Waals surface area contributed by atoms with Gasteiger partial charge in [0, 0.05) is 0 Å². The third-order valence-electron chi connectivity index (χ3n) is 4.22. The van der Waals surface area contributed by atoms with Gasteiger partial charge in [0.15, 0.2) is 5.11 Å². The van der Waals surface area contributed by atoms with E-state index >= 15 is 0 Å². The quantitative estimate of drug-likeness (QED) is 0.487. The molecule has 2 aromatic rings. The minimum atomic E-state index is -0.535. The van der Waals surface area contributed by atoms with Crippen LogP contribution in [-0.2, 0) is 9.59 Å². The second-order valence-electron chi connectivity index (χ2n) is 6.30. The molecule has 2 N–H and O–H groups in total. The van der Waals surface area contributed by atoms with Crippen molar-refractivity contribution in [3.8, 4) is 5.75 Å². The van der Waals surface area contributed by atoms with Gasteiger partial charge in [0.05, 0.1) is 5.69 Å². The van der Waals surface area contributed by atoms with Crippen molar-refractivity contribution in [2.24, 2.45) is 0 Å². The minimum absolute atomic E-state index is 0.0105. The Bertz CT molecular complexity index is 939. The number of anilines is 1. The zero-order valence-electron chi connectivity index (χ0n) is 14.7. The number of nitrogens with zero attached hydrogens (tertiary/aromatic N) is 1. The normalized spacial score (nSPS) is 16.2. The van der Waals surface area contributed by atoms with E-state index in [1.54, 1.807) is 38.1 Å². The molecule has 1 aliphatic heterocycles. The lowest BCUT2D eigenvalue weighted by Crippen LogP contribution is -2.54. The van der Waals surface area contributed by atoms with E-state index in [1.807, 2.05) is 19.1 Å². The van der Waals surface area contributed by atoms with Crippen LogP contribution in [0.3, 0.4) is 0 Å². The van der Waals surface area contributed by atoms with Gasteiger partial charge in [-0.1, -0.05) is 17.7 Å². The van der Waals surface area contributed by atoms with Crippen molar-refractivity contribution >= 4 is 40.9 Å². The Morgan fingerprint density at radius 2 is 1.62 bits per heavy atom. The largest absolute Gasteiger partial charge is 0.507 e. The Kier molecular flexibility index (Phi) is 4.61. The number of rotatable bonds is 2. The van der Waals surface area contributed by atoms with Gasteiger partial charge in [0.1, 0.15) is 11.3 Å². The third kappa shape index (κ3) is 3.23. The van der Waals surface area contributed by atoms with Gasteiger partial charge in [-0.2, -0.15) is 0 Å². The van der Waals surface area contributed by atoms with E-state index in [-0.39, 0.29) is 16.4 Å². The van der Waals surface area contributed by atoms with Gasteiger partial charge in [-0.05, 0) is 80.0 Å². The topological polar surface area (TPSA) is 69.6 Å². The predicted octanol–water partition coefficient (Wildman–Crippen LogP) is 3.15. The van der Waals surface area contributed by atoms with Crippen molar-refractivity contribution in [1.82, 2.24) is 5.32 Å². The average molecular weight is 366 g/mol. The lowest BCUT2D eigenvalue weighted by molar-refractivity contribution is -0.122. The van der Waals surface area contributed by atoms with Crippen LogP contribution in [0.15, 0.2) is 42.0 Å². The van der Waals surface area contributed by atoms with Gasteiger partial charge in [0.25, 0.3) is 11.8 Å². The fraction of sp³-hybridized carbons (Fsp3) is 0.150. The minimum Gasteiger partial charge on any atom is -0.507 e. The summed E-state index contributed by atoms with van der Waals surface area (Å²) in [7, 11) is 0. The maximum atomic E-state index is 12.9. The number of phenols is 1. The van der Waals surface area contributed by atoms with Crippen molar-refractivity contribution in [3.05, 3.63) is 64.2 Å². The Balaban J connectivity index is 2.04. The number of phenolic OH excluding ortho intramolecular Hbond substituents is 1. The van der Waals surface area contributed by atoms with Crippen molar-refractivity contribution in [1.29, 1.82) is 0 Å². The second-order valence-corrected chi connectivity index (χ2v) is 6.68. The summed E-state index contributed by atoms with van der Waals surface area (Å²) < 4.78 is 0. The molecule has 0 unspecified atom stereocenters. The number of aromatic hydroxyl groups is 1. The third-order valence-corrected chi connectivity index (χ3v) is 4.50. The smallest absolute Gasteiger partial charge is 0.270 e. The first-order valence-corrected chi connectivity index (χ1v) is 8.47. The molecule has 1 heterocycles. The highest BCUT2D eigenvalue weighted by Crippen LogP contribution is 2.26. The van der Waals surface area contributed by atoms with Gasteiger partial charge in [0.2, 0.25) is 0 Å². The lowest BCUT2D eigenvalue weighted by atomic mass is 10.0. The zero-order chi connectivity index (χ0) is 19.0. The van der Waals surface area contributed by atoms with E-state index in [9.17, 15) is 14.7 Å². The Morgan fingerprint density at radius 3 is 2.19 bits per heavy atom. The van der Waals surface area contributed by atoms with E-state index in [4.69, 9.17) is 12.2 Å². The van der Waals surface area contributed by atoms with Crippen molar-refractivity contribution in [2.45, 2.75) is 20.8 Å². The molecular weight excluding hydrogens is 348 g/mol. The molecule has 0 atom stereocenters. The highest BCUT2D eigenvalue weighted by Gasteiger charge is 2.34. The summed E-state index contributed by atoms with van der Waals surface area (Å²) in [5.41, 5.74) is 3.64. The van der Waals surface area contributed by atoms with Crippen LogP contribution >= 0.6 is 12.2 Å². The molecule has 2 aromatic carbocycles. The van der Waals surface area contributed by atoms with E-state index in [2.05, 4.69) is 5.32 Å². The Hall–Kier alpha value is -2.99. The number of aryl methyl sites for hydroxylation is 3. The summed E-state index contributed by atoms with van der Waals surface area (Å²) in [6.07, 6.45) is 1.51. The number of carbonyl (C=O) groups excluding carboxylic acids is 2. The zero-order valence-corrected chi connectivity index (χ0v) is 15.5. The van der Waals surface area contributed by atoms with E-state index in [0.29, 0.717) is 22.4 Å². The summed E-state index contributed by atoms with van der Waals surface area (Å²) in [5, 5.41) is 12.5. The fourth-order valence-electron chi connectivity index (χ4n) is 2.83. The molecule has 0 aliphatic carbocycles. The molecule has 2 amide bonds. The Morgan fingerprint density at radius 1 is 1.04 bits per heavy atom. The molecule has 6 heteroatoms. The first-order chi connectivity index (χ1) is 12.3.